The van der Waals surface area contributed by atoms with Gasteiger partial charge in [-0.3, -0.25) is 9.79 Å². The van der Waals surface area contributed by atoms with Crippen LogP contribution in [0.5, 0.6) is 0 Å². The first-order valence-corrected chi connectivity index (χ1v) is 9.46. The van der Waals surface area contributed by atoms with Gasteiger partial charge in [0.15, 0.2) is 11.7 Å². The number of nitrogens with zero attached hydrogens (tertiary/aromatic N) is 1. The molecule has 0 fully saturated rings. The van der Waals surface area contributed by atoms with Gasteiger partial charge in [0.05, 0.1) is 6.26 Å². The van der Waals surface area contributed by atoms with Crippen molar-refractivity contribution in [3.05, 3.63) is 23.7 Å². The predicted octanol–water partition coefficient (Wildman–Crippen LogP) is 2.41. The maximum atomic E-state index is 11.9. The molecule has 0 saturated carbocycles. The van der Waals surface area contributed by atoms with Gasteiger partial charge in [-0.25, -0.2) is 4.79 Å². The highest BCUT2D eigenvalue weighted by Gasteiger charge is 2.15. The van der Waals surface area contributed by atoms with Gasteiger partial charge in [0.2, 0.25) is 0 Å². The SMILES string of the molecule is CN=C(NCCCNC(=O)OC(C)(C)C)NCCCNC(=O)c1occc1C.I. The normalized spacial score (nSPS) is 11.3. The molecule has 0 bridgehead atoms. The summed E-state index contributed by atoms with van der Waals surface area (Å²) in [5.74, 6) is 0.818. The number of alkyl carbamates (subject to hydrolysis) is 1. The minimum atomic E-state index is -0.495. The Labute approximate surface area is 189 Å². The Hall–Kier alpha value is -1.98. The Bertz CT molecular complexity index is 655. The van der Waals surface area contributed by atoms with Gasteiger partial charge in [-0.2, -0.15) is 0 Å². The summed E-state index contributed by atoms with van der Waals surface area (Å²) in [5, 5.41) is 11.9. The van der Waals surface area contributed by atoms with Crippen LogP contribution in [0.2, 0.25) is 0 Å². The summed E-state index contributed by atoms with van der Waals surface area (Å²) in [6.07, 6.45) is 2.57. The van der Waals surface area contributed by atoms with Gasteiger partial charge in [-0.1, -0.05) is 0 Å². The number of hydrogen-bond acceptors (Lipinski definition) is 5. The van der Waals surface area contributed by atoms with Crippen LogP contribution in [0.25, 0.3) is 0 Å². The molecule has 1 heterocycles. The van der Waals surface area contributed by atoms with Gasteiger partial charge in [0.1, 0.15) is 5.60 Å². The second kappa shape index (κ2) is 14.1. The quantitative estimate of drug-likeness (QED) is 0.171. The summed E-state index contributed by atoms with van der Waals surface area (Å²) in [7, 11) is 1.69. The third-order valence-electron chi connectivity index (χ3n) is 3.54. The molecule has 9 nitrogen and oxygen atoms in total. The number of hydrogen-bond donors (Lipinski definition) is 4. The van der Waals surface area contributed by atoms with E-state index < -0.39 is 11.7 Å². The summed E-state index contributed by atoms with van der Waals surface area (Å²) in [4.78, 5) is 27.6. The van der Waals surface area contributed by atoms with E-state index >= 15 is 0 Å². The number of furan rings is 1. The lowest BCUT2D eigenvalue weighted by atomic mass is 10.2. The van der Waals surface area contributed by atoms with Gasteiger partial charge >= 0.3 is 6.09 Å². The van der Waals surface area contributed by atoms with Crippen LogP contribution in [0.1, 0.15) is 49.7 Å². The van der Waals surface area contributed by atoms with Crippen LogP contribution in [-0.2, 0) is 4.74 Å². The van der Waals surface area contributed by atoms with E-state index in [1.807, 2.05) is 27.7 Å². The Morgan fingerprint density at radius 2 is 1.59 bits per heavy atom. The molecule has 166 valence electrons. The molecule has 2 amide bonds. The van der Waals surface area contributed by atoms with Crippen molar-refractivity contribution < 1.29 is 18.7 Å². The molecule has 0 saturated heterocycles. The lowest BCUT2D eigenvalue weighted by Crippen LogP contribution is -2.40. The molecule has 0 aliphatic rings. The van der Waals surface area contributed by atoms with E-state index in [-0.39, 0.29) is 29.9 Å². The molecule has 0 unspecified atom stereocenters. The molecular weight excluding hydrogens is 489 g/mol. The Balaban J connectivity index is 0.00000784. The summed E-state index contributed by atoms with van der Waals surface area (Å²) in [5.41, 5.74) is 0.325. The number of aryl methyl sites for hydroxylation is 1. The van der Waals surface area contributed by atoms with Gasteiger partial charge in [0.25, 0.3) is 5.91 Å². The molecule has 0 atom stereocenters. The fourth-order valence-corrected chi connectivity index (χ4v) is 2.20. The number of amides is 2. The number of halogens is 1. The van der Waals surface area contributed by atoms with Crippen LogP contribution in [-0.4, -0.2) is 56.8 Å². The second-order valence-electron chi connectivity index (χ2n) is 7.25. The molecule has 1 aromatic rings. The first-order chi connectivity index (χ1) is 13.2. The predicted molar refractivity (Wildman–Crippen MR) is 124 cm³/mol. The zero-order valence-corrected chi connectivity index (χ0v) is 20.2. The number of carbonyl (C=O) groups excluding carboxylic acids is 2. The van der Waals surface area contributed by atoms with Gasteiger partial charge < -0.3 is 30.4 Å². The summed E-state index contributed by atoms with van der Waals surface area (Å²) in [6, 6.07) is 1.76. The molecule has 0 spiro atoms. The van der Waals surface area contributed by atoms with Gasteiger partial charge in [0, 0.05) is 38.8 Å². The summed E-state index contributed by atoms with van der Waals surface area (Å²) in [6.45, 7) is 9.67. The molecule has 0 aliphatic carbocycles. The molecule has 0 aliphatic heterocycles. The van der Waals surface area contributed by atoms with Gasteiger partial charge in [-0.05, 0) is 46.6 Å². The minimum Gasteiger partial charge on any atom is -0.459 e. The van der Waals surface area contributed by atoms with E-state index in [1.165, 1.54) is 6.26 Å². The average Bonchev–Trinajstić information content (AvgIpc) is 3.03. The fourth-order valence-electron chi connectivity index (χ4n) is 2.20. The third kappa shape index (κ3) is 12.2. The monoisotopic (exact) mass is 523 g/mol. The number of guanidine groups is 1. The smallest absolute Gasteiger partial charge is 0.407 e. The van der Waals surface area contributed by atoms with Crippen molar-refractivity contribution in [1.29, 1.82) is 0 Å². The minimum absolute atomic E-state index is 0. The van der Waals surface area contributed by atoms with Gasteiger partial charge in [-0.15, -0.1) is 24.0 Å². The van der Waals surface area contributed by atoms with Crippen molar-refractivity contribution in [3.8, 4) is 0 Å². The van der Waals surface area contributed by atoms with Crippen molar-refractivity contribution in [2.24, 2.45) is 4.99 Å². The zero-order chi connectivity index (χ0) is 21.0. The number of nitrogens with one attached hydrogen (secondary N) is 4. The van der Waals surface area contributed by atoms with E-state index in [2.05, 4.69) is 26.3 Å². The Morgan fingerprint density at radius 1 is 1.03 bits per heavy atom. The first-order valence-electron chi connectivity index (χ1n) is 9.46. The Morgan fingerprint density at radius 3 is 2.07 bits per heavy atom. The number of carbonyl (C=O) groups is 2. The van der Waals surface area contributed by atoms with Crippen LogP contribution in [0.15, 0.2) is 21.7 Å². The van der Waals surface area contributed by atoms with Crippen LogP contribution in [0.4, 0.5) is 4.79 Å². The first kappa shape index (κ1) is 27.0. The largest absolute Gasteiger partial charge is 0.459 e. The number of aliphatic imine (C=N–C) groups is 1. The van der Waals surface area contributed by atoms with Crippen molar-refractivity contribution in [1.82, 2.24) is 21.3 Å². The third-order valence-corrected chi connectivity index (χ3v) is 3.54. The maximum absolute atomic E-state index is 11.9. The van der Waals surface area contributed by atoms with Crippen molar-refractivity contribution in [3.63, 3.8) is 0 Å². The molecule has 1 rings (SSSR count). The molecular formula is C19H34IN5O4. The maximum Gasteiger partial charge on any atom is 0.407 e. The lowest BCUT2D eigenvalue weighted by Gasteiger charge is -2.19. The van der Waals surface area contributed by atoms with E-state index in [0.29, 0.717) is 37.9 Å². The average molecular weight is 523 g/mol. The van der Waals surface area contributed by atoms with Crippen LogP contribution in [0, 0.1) is 6.92 Å². The topological polar surface area (TPSA) is 117 Å². The van der Waals surface area contributed by atoms with Crippen LogP contribution in [0.3, 0.4) is 0 Å². The molecule has 0 aromatic carbocycles. The lowest BCUT2D eigenvalue weighted by molar-refractivity contribution is 0.0527. The number of rotatable bonds is 9. The van der Waals surface area contributed by atoms with E-state index in [0.717, 1.165) is 18.4 Å². The second-order valence-corrected chi connectivity index (χ2v) is 7.25. The fraction of sp³-hybridized carbons (Fsp3) is 0.632. The van der Waals surface area contributed by atoms with Crippen molar-refractivity contribution >= 4 is 41.9 Å². The standard InChI is InChI=1S/C19H33N5O4.HI/c1-14-8-13-27-15(14)16(25)21-9-6-10-22-17(20-5)23-11-7-12-24-18(26)28-19(2,3)4;/h8,13H,6-7,9-12H2,1-5H3,(H,21,25)(H,24,26)(H2,20,22,23);1H. The highest BCUT2D eigenvalue weighted by Crippen LogP contribution is 2.08. The van der Waals surface area contributed by atoms with E-state index in [9.17, 15) is 9.59 Å². The molecule has 1 aromatic heterocycles. The Kier molecular flexibility index (Phi) is 13.1. The molecule has 10 heteroatoms. The molecule has 0 radical (unpaired) electrons. The molecule has 29 heavy (non-hydrogen) atoms. The van der Waals surface area contributed by atoms with E-state index in [4.69, 9.17) is 9.15 Å². The highest BCUT2D eigenvalue weighted by molar-refractivity contribution is 14.0. The van der Waals surface area contributed by atoms with Crippen LogP contribution >= 0.6 is 24.0 Å². The number of ether oxygens (including phenoxy) is 1. The molecule has 4 N–H and O–H groups in total. The summed E-state index contributed by atoms with van der Waals surface area (Å²) < 4.78 is 10.3. The van der Waals surface area contributed by atoms with Crippen molar-refractivity contribution in [2.45, 2.75) is 46.1 Å². The van der Waals surface area contributed by atoms with Crippen molar-refractivity contribution in [2.75, 3.05) is 33.2 Å². The highest BCUT2D eigenvalue weighted by atomic mass is 127. The summed E-state index contributed by atoms with van der Waals surface area (Å²) >= 11 is 0. The zero-order valence-electron chi connectivity index (χ0n) is 17.9. The van der Waals surface area contributed by atoms with E-state index in [1.54, 1.807) is 13.1 Å². The van der Waals surface area contributed by atoms with Crippen LogP contribution < -0.4 is 21.3 Å².